The summed E-state index contributed by atoms with van der Waals surface area (Å²) in [5, 5.41) is 10.0. The average molecular weight is 465 g/mol. The van der Waals surface area contributed by atoms with Crippen molar-refractivity contribution in [3.8, 4) is 11.8 Å². The molecule has 0 aromatic heterocycles. The van der Waals surface area contributed by atoms with Crippen LogP contribution in [-0.2, 0) is 0 Å². The number of hydrogen-bond acceptors (Lipinski definition) is 3. The van der Waals surface area contributed by atoms with Crippen LogP contribution in [0.3, 0.4) is 0 Å². The van der Waals surface area contributed by atoms with Gasteiger partial charge in [0.1, 0.15) is 5.75 Å². The zero-order valence-electron chi connectivity index (χ0n) is 17.6. The molecule has 162 valence electrons. The number of carbonyl (C=O) groups is 1. The Morgan fingerprint density at radius 2 is 1.75 bits per heavy atom. The molecule has 0 saturated carbocycles. The van der Waals surface area contributed by atoms with Gasteiger partial charge in [0.05, 0.1) is 28.3 Å². The summed E-state index contributed by atoms with van der Waals surface area (Å²) in [6, 6.07) is 22.4. The molecule has 1 aliphatic rings. The van der Waals surface area contributed by atoms with Gasteiger partial charge in [-0.2, -0.15) is 5.26 Å². The molecule has 1 aliphatic heterocycles. The van der Waals surface area contributed by atoms with Crippen LogP contribution in [0.4, 0.5) is 0 Å². The van der Waals surface area contributed by atoms with Gasteiger partial charge in [0.2, 0.25) is 0 Å². The van der Waals surface area contributed by atoms with Crippen molar-refractivity contribution in [3.63, 3.8) is 0 Å². The maximum atomic E-state index is 13.2. The van der Waals surface area contributed by atoms with Crippen LogP contribution in [0, 0.1) is 24.2 Å². The Hall–Kier alpha value is -3.00. The summed E-state index contributed by atoms with van der Waals surface area (Å²) in [5.74, 6) is 0.908. The largest absolute Gasteiger partial charge is 0.493 e. The van der Waals surface area contributed by atoms with E-state index < -0.39 is 0 Å². The molecule has 0 bridgehead atoms. The minimum Gasteiger partial charge on any atom is -0.493 e. The zero-order valence-corrected chi connectivity index (χ0v) is 19.1. The molecular weight excluding hydrogens is 443 g/mol. The molecule has 4 rings (SSSR count). The van der Waals surface area contributed by atoms with Crippen LogP contribution in [0.2, 0.25) is 10.0 Å². The Balaban J connectivity index is 1.56. The summed E-state index contributed by atoms with van der Waals surface area (Å²) in [5.41, 5.74) is 3.30. The van der Waals surface area contributed by atoms with E-state index >= 15 is 0 Å². The van der Waals surface area contributed by atoms with Crippen LogP contribution in [0.5, 0.6) is 5.75 Å². The number of nitriles is 1. The molecule has 1 heterocycles. The fourth-order valence-corrected chi connectivity index (χ4v) is 4.34. The lowest BCUT2D eigenvalue weighted by Gasteiger charge is -2.19. The Morgan fingerprint density at radius 1 is 1.03 bits per heavy atom. The van der Waals surface area contributed by atoms with Crippen LogP contribution >= 0.6 is 23.2 Å². The molecule has 0 N–H and O–H groups in total. The Labute approximate surface area is 197 Å². The fraction of sp³-hybridized carbons (Fsp3) is 0.231. The minimum atomic E-state index is -0.0580. The van der Waals surface area contributed by atoms with Gasteiger partial charge in [0.25, 0.3) is 5.91 Å². The van der Waals surface area contributed by atoms with Crippen molar-refractivity contribution >= 4 is 29.1 Å². The standard InChI is InChI=1S/C26H22Cl2N2O2/c1-17-2-9-22(10-3-17)32-16-21-14-30(26(31)19-6-4-18(13-29)5-7-19)15-23(21)20-8-11-24(27)25(28)12-20/h2-12,21,23H,14-16H2,1H3/t21-,23?/m0/s1. The highest BCUT2D eigenvalue weighted by Gasteiger charge is 2.37. The van der Waals surface area contributed by atoms with Crippen LogP contribution in [-0.4, -0.2) is 30.5 Å². The second-order valence-corrected chi connectivity index (χ2v) is 8.88. The predicted molar refractivity (Wildman–Crippen MR) is 126 cm³/mol. The van der Waals surface area contributed by atoms with E-state index in [4.69, 9.17) is 33.2 Å². The fourth-order valence-electron chi connectivity index (χ4n) is 4.03. The van der Waals surface area contributed by atoms with Gasteiger partial charge in [0.15, 0.2) is 0 Å². The molecule has 1 unspecified atom stereocenters. The third-order valence-electron chi connectivity index (χ3n) is 5.85. The van der Waals surface area contributed by atoms with E-state index in [2.05, 4.69) is 6.07 Å². The number of ether oxygens (including phenoxy) is 1. The van der Waals surface area contributed by atoms with E-state index in [1.165, 1.54) is 5.56 Å². The molecule has 0 aliphatic carbocycles. The number of aryl methyl sites for hydroxylation is 1. The van der Waals surface area contributed by atoms with E-state index in [0.717, 1.165) is 11.3 Å². The summed E-state index contributed by atoms with van der Waals surface area (Å²) in [6.45, 7) is 3.63. The van der Waals surface area contributed by atoms with Gasteiger partial charge in [-0.1, -0.05) is 47.0 Å². The molecular formula is C26H22Cl2N2O2. The molecule has 1 amide bonds. The van der Waals surface area contributed by atoms with Crippen molar-refractivity contribution in [1.82, 2.24) is 4.90 Å². The first kappa shape index (κ1) is 22.2. The number of carbonyl (C=O) groups excluding carboxylic acids is 1. The Bertz CT molecular complexity index is 1150. The highest BCUT2D eigenvalue weighted by Crippen LogP contribution is 2.36. The SMILES string of the molecule is Cc1ccc(OC[C@@H]2CN(C(=O)c3ccc(C#N)cc3)CC2c2ccc(Cl)c(Cl)c2)cc1. The quantitative estimate of drug-likeness (QED) is 0.457. The normalized spacial score (nSPS) is 17.8. The maximum Gasteiger partial charge on any atom is 0.253 e. The topological polar surface area (TPSA) is 53.3 Å². The third kappa shape index (κ3) is 4.91. The molecule has 0 radical (unpaired) electrons. The minimum absolute atomic E-state index is 0.0580. The van der Waals surface area contributed by atoms with Crippen molar-refractivity contribution in [2.45, 2.75) is 12.8 Å². The van der Waals surface area contributed by atoms with Crippen molar-refractivity contribution in [2.24, 2.45) is 5.92 Å². The van der Waals surface area contributed by atoms with Gasteiger partial charge < -0.3 is 9.64 Å². The smallest absolute Gasteiger partial charge is 0.253 e. The van der Waals surface area contributed by atoms with Crippen LogP contribution < -0.4 is 4.74 Å². The van der Waals surface area contributed by atoms with Gasteiger partial charge in [-0.15, -0.1) is 0 Å². The first-order chi connectivity index (χ1) is 15.4. The molecule has 0 spiro atoms. The van der Waals surface area contributed by atoms with E-state index in [1.54, 1.807) is 30.3 Å². The molecule has 6 heteroatoms. The molecule has 32 heavy (non-hydrogen) atoms. The van der Waals surface area contributed by atoms with Gasteiger partial charge in [0, 0.05) is 30.5 Å². The van der Waals surface area contributed by atoms with Crippen molar-refractivity contribution < 1.29 is 9.53 Å². The Morgan fingerprint density at radius 3 is 2.41 bits per heavy atom. The zero-order chi connectivity index (χ0) is 22.7. The maximum absolute atomic E-state index is 13.2. The Kier molecular flexibility index (Phi) is 6.69. The number of halogens is 2. The lowest BCUT2D eigenvalue weighted by atomic mass is 9.89. The highest BCUT2D eigenvalue weighted by atomic mass is 35.5. The first-order valence-corrected chi connectivity index (χ1v) is 11.1. The average Bonchev–Trinajstić information content (AvgIpc) is 3.24. The summed E-state index contributed by atoms with van der Waals surface area (Å²) < 4.78 is 6.08. The lowest BCUT2D eigenvalue weighted by Crippen LogP contribution is -2.29. The molecule has 3 aromatic rings. The van der Waals surface area contributed by atoms with Crippen LogP contribution in [0.15, 0.2) is 66.7 Å². The van der Waals surface area contributed by atoms with Crippen LogP contribution in [0.25, 0.3) is 0 Å². The summed E-state index contributed by atoms with van der Waals surface area (Å²) >= 11 is 12.4. The second kappa shape index (κ2) is 9.65. The number of benzene rings is 3. The lowest BCUT2D eigenvalue weighted by molar-refractivity contribution is 0.0782. The van der Waals surface area contributed by atoms with Gasteiger partial charge >= 0.3 is 0 Å². The second-order valence-electron chi connectivity index (χ2n) is 8.06. The van der Waals surface area contributed by atoms with Gasteiger partial charge in [-0.25, -0.2) is 0 Å². The molecule has 1 saturated heterocycles. The van der Waals surface area contributed by atoms with E-state index in [9.17, 15) is 4.79 Å². The van der Waals surface area contributed by atoms with Gasteiger partial charge in [-0.3, -0.25) is 4.79 Å². The first-order valence-electron chi connectivity index (χ1n) is 10.4. The molecule has 2 atom stereocenters. The number of rotatable bonds is 5. The summed E-state index contributed by atoms with van der Waals surface area (Å²) in [6.07, 6.45) is 0. The molecule has 3 aromatic carbocycles. The van der Waals surface area contributed by atoms with Crippen LogP contribution in [0.1, 0.15) is 33.0 Å². The van der Waals surface area contributed by atoms with E-state index in [1.807, 2.05) is 48.2 Å². The monoisotopic (exact) mass is 464 g/mol. The molecule has 4 nitrogen and oxygen atoms in total. The molecule has 1 fully saturated rings. The van der Waals surface area contributed by atoms with Crippen molar-refractivity contribution in [1.29, 1.82) is 5.26 Å². The summed E-state index contributed by atoms with van der Waals surface area (Å²) in [7, 11) is 0. The predicted octanol–water partition coefficient (Wildman–Crippen LogP) is 6.11. The number of amides is 1. The van der Waals surface area contributed by atoms with E-state index in [0.29, 0.717) is 40.9 Å². The third-order valence-corrected chi connectivity index (χ3v) is 6.59. The van der Waals surface area contributed by atoms with Gasteiger partial charge in [-0.05, 0) is 61.0 Å². The van der Waals surface area contributed by atoms with Crippen molar-refractivity contribution in [3.05, 3.63) is 99.0 Å². The number of hydrogen-bond donors (Lipinski definition) is 0. The van der Waals surface area contributed by atoms with E-state index in [-0.39, 0.29) is 17.7 Å². The number of likely N-dealkylation sites (tertiary alicyclic amines) is 1. The highest BCUT2D eigenvalue weighted by molar-refractivity contribution is 6.42. The van der Waals surface area contributed by atoms with Crippen molar-refractivity contribution in [2.75, 3.05) is 19.7 Å². The number of nitrogens with zero attached hydrogens (tertiary/aromatic N) is 2. The summed E-state index contributed by atoms with van der Waals surface area (Å²) in [4.78, 5) is 15.0.